The van der Waals surface area contributed by atoms with Gasteiger partial charge in [-0.2, -0.15) is 8.42 Å². The quantitative estimate of drug-likeness (QED) is 0.736. The van der Waals surface area contributed by atoms with Gasteiger partial charge in [-0.3, -0.25) is 14.5 Å². The van der Waals surface area contributed by atoms with Gasteiger partial charge in [0.05, 0.1) is 11.0 Å². The molecule has 0 bridgehead atoms. The first-order chi connectivity index (χ1) is 9.97. The van der Waals surface area contributed by atoms with Crippen LogP contribution in [0.4, 0.5) is 0 Å². The molecule has 3 rings (SSSR count). The first-order valence-electron chi connectivity index (χ1n) is 6.25. The summed E-state index contributed by atoms with van der Waals surface area (Å²) in [5.74, 6) is 0. The Hall–Kier alpha value is -2.31. The fraction of sp³-hybridized carbons (Fsp3) is 0.0667. The highest BCUT2D eigenvalue weighted by Gasteiger charge is 2.18. The standard InChI is InChI=1S/C15H12N2O3S/c1-10-4-5-14(21(18,19)20)12(9-10)11-6-8-16-13-3-2-7-17-15(11)13/h2-9H,1H3,(H,18,19,20). The predicted molar refractivity (Wildman–Crippen MR) is 79.5 cm³/mol. The summed E-state index contributed by atoms with van der Waals surface area (Å²) < 4.78 is 32.6. The smallest absolute Gasteiger partial charge is 0.282 e. The molecule has 1 N–H and O–H groups in total. The molecule has 21 heavy (non-hydrogen) atoms. The van der Waals surface area contributed by atoms with Crippen molar-refractivity contribution in [2.45, 2.75) is 11.8 Å². The van der Waals surface area contributed by atoms with E-state index < -0.39 is 10.1 Å². The van der Waals surface area contributed by atoms with Crippen molar-refractivity contribution in [1.82, 2.24) is 9.97 Å². The van der Waals surface area contributed by atoms with Crippen molar-refractivity contribution in [3.63, 3.8) is 0 Å². The van der Waals surface area contributed by atoms with Crippen LogP contribution >= 0.6 is 0 Å². The molecule has 2 heterocycles. The van der Waals surface area contributed by atoms with Crippen LogP contribution in [0.2, 0.25) is 0 Å². The number of hydrogen-bond donors (Lipinski definition) is 1. The third-order valence-electron chi connectivity index (χ3n) is 3.20. The molecule has 1 aromatic carbocycles. The average Bonchev–Trinajstić information content (AvgIpc) is 2.45. The molecule has 0 amide bonds. The molecule has 2 aromatic heterocycles. The number of aromatic nitrogens is 2. The topological polar surface area (TPSA) is 80.2 Å². The van der Waals surface area contributed by atoms with E-state index in [0.717, 1.165) is 5.56 Å². The summed E-state index contributed by atoms with van der Waals surface area (Å²) in [6, 6.07) is 10.0. The highest BCUT2D eigenvalue weighted by Crippen LogP contribution is 2.32. The predicted octanol–water partition coefficient (Wildman–Crippen LogP) is 2.85. The second kappa shape index (κ2) is 4.91. The van der Waals surface area contributed by atoms with Crippen molar-refractivity contribution in [3.8, 4) is 11.1 Å². The van der Waals surface area contributed by atoms with Crippen molar-refractivity contribution in [2.24, 2.45) is 0 Å². The molecule has 6 heteroatoms. The number of nitrogens with zero attached hydrogens (tertiary/aromatic N) is 2. The molecule has 0 aliphatic carbocycles. The van der Waals surface area contributed by atoms with Crippen LogP contribution in [0.5, 0.6) is 0 Å². The molecule has 0 saturated heterocycles. The molecule has 0 radical (unpaired) electrons. The van der Waals surface area contributed by atoms with Crippen LogP contribution in [0.1, 0.15) is 5.56 Å². The van der Waals surface area contributed by atoms with Crippen LogP contribution in [0, 0.1) is 6.92 Å². The Morgan fingerprint density at radius 3 is 2.57 bits per heavy atom. The zero-order valence-electron chi connectivity index (χ0n) is 11.2. The lowest BCUT2D eigenvalue weighted by Gasteiger charge is -2.10. The highest BCUT2D eigenvalue weighted by atomic mass is 32.2. The molecule has 3 aromatic rings. The summed E-state index contributed by atoms with van der Waals surface area (Å²) in [4.78, 5) is 8.35. The number of aryl methyl sites for hydroxylation is 1. The molecular weight excluding hydrogens is 288 g/mol. The van der Waals surface area contributed by atoms with E-state index in [1.165, 1.54) is 6.07 Å². The Labute approximate surface area is 122 Å². The molecule has 0 aliphatic heterocycles. The summed E-state index contributed by atoms with van der Waals surface area (Å²) >= 11 is 0. The van der Waals surface area contributed by atoms with Crippen molar-refractivity contribution in [2.75, 3.05) is 0 Å². The third-order valence-corrected chi connectivity index (χ3v) is 4.11. The van der Waals surface area contributed by atoms with Crippen molar-refractivity contribution in [1.29, 1.82) is 0 Å². The average molecular weight is 300 g/mol. The lowest BCUT2D eigenvalue weighted by molar-refractivity contribution is 0.483. The van der Waals surface area contributed by atoms with Gasteiger partial charge >= 0.3 is 0 Å². The maximum atomic E-state index is 11.6. The molecule has 0 spiro atoms. The second-order valence-electron chi connectivity index (χ2n) is 4.70. The Morgan fingerprint density at radius 1 is 1.00 bits per heavy atom. The van der Waals surface area contributed by atoms with E-state index in [4.69, 9.17) is 0 Å². The Balaban J connectivity index is 2.41. The zero-order chi connectivity index (χ0) is 15.0. The van der Waals surface area contributed by atoms with Crippen LogP contribution in [-0.2, 0) is 10.1 Å². The lowest BCUT2D eigenvalue weighted by Crippen LogP contribution is -2.02. The van der Waals surface area contributed by atoms with E-state index in [0.29, 0.717) is 22.2 Å². The van der Waals surface area contributed by atoms with Gasteiger partial charge in [-0.1, -0.05) is 11.6 Å². The molecule has 0 unspecified atom stereocenters. The SMILES string of the molecule is Cc1ccc(S(=O)(=O)O)c(-c2ccnc3cccnc23)c1. The van der Waals surface area contributed by atoms with Gasteiger partial charge in [-0.05, 0) is 37.3 Å². The molecule has 0 atom stereocenters. The van der Waals surface area contributed by atoms with Gasteiger partial charge in [-0.25, -0.2) is 0 Å². The summed E-state index contributed by atoms with van der Waals surface area (Å²) in [6.45, 7) is 1.86. The number of rotatable bonds is 2. The highest BCUT2D eigenvalue weighted by molar-refractivity contribution is 7.86. The van der Waals surface area contributed by atoms with Crippen LogP contribution in [0.25, 0.3) is 22.2 Å². The van der Waals surface area contributed by atoms with Crippen LogP contribution in [0.15, 0.2) is 53.7 Å². The van der Waals surface area contributed by atoms with E-state index in [2.05, 4.69) is 9.97 Å². The van der Waals surface area contributed by atoms with Crippen LogP contribution in [-0.4, -0.2) is 22.9 Å². The first kappa shape index (κ1) is 13.7. The van der Waals surface area contributed by atoms with Crippen LogP contribution < -0.4 is 0 Å². The molecule has 0 aliphatic rings. The zero-order valence-corrected chi connectivity index (χ0v) is 12.0. The van der Waals surface area contributed by atoms with Gasteiger partial charge in [0.1, 0.15) is 4.90 Å². The second-order valence-corrected chi connectivity index (χ2v) is 6.09. The minimum Gasteiger partial charge on any atom is -0.282 e. The van der Waals surface area contributed by atoms with Crippen molar-refractivity contribution >= 4 is 21.2 Å². The summed E-state index contributed by atoms with van der Waals surface area (Å²) in [6.07, 6.45) is 3.21. The number of fused-ring (bicyclic) bond motifs is 1. The normalized spacial score (nSPS) is 11.7. The Bertz CT molecular complexity index is 931. The molecule has 5 nitrogen and oxygen atoms in total. The van der Waals surface area contributed by atoms with E-state index in [9.17, 15) is 13.0 Å². The molecule has 106 valence electrons. The van der Waals surface area contributed by atoms with Gasteiger partial charge in [0.15, 0.2) is 0 Å². The number of benzene rings is 1. The fourth-order valence-electron chi connectivity index (χ4n) is 2.28. The molecule has 0 fully saturated rings. The van der Waals surface area contributed by atoms with Crippen molar-refractivity contribution in [3.05, 3.63) is 54.4 Å². The monoisotopic (exact) mass is 300 g/mol. The Kier molecular flexibility index (Phi) is 3.19. The Morgan fingerprint density at radius 2 is 1.81 bits per heavy atom. The van der Waals surface area contributed by atoms with Gasteiger partial charge in [0, 0.05) is 23.5 Å². The maximum Gasteiger partial charge on any atom is 0.295 e. The minimum atomic E-state index is -4.32. The van der Waals surface area contributed by atoms with E-state index in [1.54, 1.807) is 42.7 Å². The number of pyridine rings is 2. The maximum absolute atomic E-state index is 11.6. The number of hydrogen-bond acceptors (Lipinski definition) is 4. The summed E-state index contributed by atoms with van der Waals surface area (Å²) in [7, 11) is -4.32. The van der Waals surface area contributed by atoms with Gasteiger partial charge in [-0.15, -0.1) is 0 Å². The third kappa shape index (κ3) is 2.51. The van der Waals surface area contributed by atoms with E-state index in [-0.39, 0.29) is 4.90 Å². The lowest BCUT2D eigenvalue weighted by atomic mass is 10.0. The van der Waals surface area contributed by atoms with Crippen LogP contribution in [0.3, 0.4) is 0 Å². The largest absolute Gasteiger partial charge is 0.295 e. The molecular formula is C15H12N2O3S. The fourth-order valence-corrected chi connectivity index (χ4v) is 2.96. The van der Waals surface area contributed by atoms with Crippen molar-refractivity contribution < 1.29 is 13.0 Å². The van der Waals surface area contributed by atoms with Gasteiger partial charge in [0.2, 0.25) is 0 Å². The minimum absolute atomic E-state index is 0.133. The van der Waals surface area contributed by atoms with E-state index >= 15 is 0 Å². The van der Waals surface area contributed by atoms with Gasteiger partial charge < -0.3 is 0 Å². The van der Waals surface area contributed by atoms with Gasteiger partial charge in [0.25, 0.3) is 10.1 Å². The van der Waals surface area contributed by atoms with E-state index in [1.807, 2.05) is 6.92 Å². The molecule has 0 saturated carbocycles. The summed E-state index contributed by atoms with van der Waals surface area (Å²) in [5, 5.41) is 0. The summed E-state index contributed by atoms with van der Waals surface area (Å²) in [5.41, 5.74) is 3.19. The first-order valence-corrected chi connectivity index (χ1v) is 7.69.